The van der Waals surface area contributed by atoms with Crippen molar-refractivity contribution in [3.05, 3.63) is 109 Å². The second-order valence-corrected chi connectivity index (χ2v) is 17.3. The standard InChI is InChI=1S/C43H41N9O2S/c1-11-45-51(13-1)29-3-5-32-26(16-29)23-53-42-34(32)7-9-39(48-42)50(41-36-20-44-21-37(36)41)22-25-15-28-18-31(19-38(25)47-28)55-40-10-8-35-33-6-4-30(52-14-2-12-46-52)17-27(33)24-54-43(35)49-40/h1-14,16-17,25,28,31,36-38,41,44,47H,15,18-24H2. The first-order valence-corrected chi connectivity index (χ1v) is 20.5. The molecule has 0 radical (unpaired) electrons. The Kier molecular flexibility index (Phi) is 7.41. The number of hydrogen-bond donors (Lipinski definition) is 2. The molecule has 1 saturated carbocycles. The van der Waals surface area contributed by atoms with E-state index < -0.39 is 0 Å². The molecule has 2 bridgehead atoms. The highest BCUT2D eigenvalue weighted by atomic mass is 32.2. The SMILES string of the molecule is c1cnn(-c2ccc3c(c2)COc2nc(SC4CC5CC(CN(c6ccc7c(n6)OCc6cc(-n8cccn8)ccc6-7)C6C7CNCC76)C(C4)N5)ccc2-3)c1. The first-order valence-electron chi connectivity index (χ1n) is 19.6. The Hall–Kier alpha value is -5.17. The molecule has 2 aromatic carbocycles. The summed E-state index contributed by atoms with van der Waals surface area (Å²) in [6.45, 7) is 4.24. The third kappa shape index (κ3) is 5.56. The smallest absolute Gasteiger partial charge is 0.223 e. The summed E-state index contributed by atoms with van der Waals surface area (Å²) in [7, 11) is 0. The van der Waals surface area contributed by atoms with Gasteiger partial charge in [0.2, 0.25) is 11.8 Å². The number of nitrogens with one attached hydrogen (secondary N) is 2. The summed E-state index contributed by atoms with van der Waals surface area (Å²) in [6.07, 6.45) is 11.0. The van der Waals surface area contributed by atoms with Crippen molar-refractivity contribution in [3.63, 3.8) is 0 Å². The minimum atomic E-state index is 0.477. The fourth-order valence-corrected chi connectivity index (χ4v) is 11.4. The van der Waals surface area contributed by atoms with Crippen LogP contribution in [0.1, 0.15) is 30.4 Å². The van der Waals surface area contributed by atoms with Crippen LogP contribution < -0.4 is 25.0 Å². The van der Waals surface area contributed by atoms with Crippen molar-refractivity contribution in [2.24, 2.45) is 17.8 Å². The van der Waals surface area contributed by atoms with Crippen molar-refractivity contribution in [1.82, 2.24) is 40.2 Å². The van der Waals surface area contributed by atoms with Crippen molar-refractivity contribution in [2.75, 3.05) is 24.5 Å². The Morgan fingerprint density at radius 2 is 1.38 bits per heavy atom. The number of rotatable bonds is 8. The number of benzene rings is 2. The van der Waals surface area contributed by atoms with Gasteiger partial charge in [0.25, 0.3) is 0 Å². The van der Waals surface area contributed by atoms with E-state index in [4.69, 9.17) is 19.4 Å². The summed E-state index contributed by atoms with van der Waals surface area (Å²) in [6, 6.07) is 27.2. The van der Waals surface area contributed by atoms with Gasteiger partial charge < -0.3 is 25.0 Å². The minimum absolute atomic E-state index is 0.477. The molecule has 12 rings (SSSR count). The average molecular weight is 748 g/mol. The maximum atomic E-state index is 6.37. The van der Waals surface area contributed by atoms with Gasteiger partial charge in [-0.25, -0.2) is 14.3 Å². The van der Waals surface area contributed by atoms with Crippen LogP contribution in [0.3, 0.4) is 0 Å². The van der Waals surface area contributed by atoms with E-state index in [0.717, 1.165) is 88.7 Å². The Bertz CT molecular complexity index is 2410. The molecule has 55 heavy (non-hydrogen) atoms. The lowest BCUT2D eigenvalue weighted by Crippen LogP contribution is -2.44. The van der Waals surface area contributed by atoms with E-state index in [-0.39, 0.29) is 0 Å². The van der Waals surface area contributed by atoms with Crippen LogP contribution in [0, 0.1) is 17.8 Å². The molecule has 4 fully saturated rings. The van der Waals surface area contributed by atoms with Gasteiger partial charge in [0, 0.05) is 78.9 Å². The zero-order valence-electron chi connectivity index (χ0n) is 30.3. The third-order valence-electron chi connectivity index (χ3n) is 12.8. The molecule has 1 aliphatic carbocycles. The molecule has 6 unspecified atom stereocenters. The number of hydrogen-bond acceptors (Lipinski definition) is 10. The summed E-state index contributed by atoms with van der Waals surface area (Å²) >= 11 is 1.93. The number of pyridine rings is 2. The number of anilines is 1. The molecule has 2 N–H and O–H groups in total. The van der Waals surface area contributed by atoms with E-state index in [1.54, 1.807) is 12.4 Å². The van der Waals surface area contributed by atoms with E-state index in [0.29, 0.717) is 54.3 Å². The second kappa shape index (κ2) is 12.7. The van der Waals surface area contributed by atoms with Crippen LogP contribution in [-0.4, -0.2) is 72.5 Å². The zero-order chi connectivity index (χ0) is 36.0. The molecule has 0 spiro atoms. The summed E-state index contributed by atoms with van der Waals surface area (Å²) in [5.41, 5.74) is 8.91. The van der Waals surface area contributed by atoms with Crippen LogP contribution in [-0.2, 0) is 13.2 Å². The Balaban J connectivity index is 0.757. The van der Waals surface area contributed by atoms with Crippen molar-refractivity contribution in [1.29, 1.82) is 0 Å². The Morgan fingerprint density at radius 3 is 2.05 bits per heavy atom. The lowest BCUT2D eigenvalue weighted by atomic mass is 9.97. The van der Waals surface area contributed by atoms with E-state index in [1.807, 2.05) is 45.7 Å². The van der Waals surface area contributed by atoms with Crippen molar-refractivity contribution in [2.45, 2.75) is 60.9 Å². The highest BCUT2D eigenvalue weighted by Crippen LogP contribution is 2.50. The highest BCUT2D eigenvalue weighted by Gasteiger charge is 2.57. The third-order valence-corrected chi connectivity index (χ3v) is 14.0. The number of thioether (sulfide) groups is 1. The number of fused-ring (bicyclic) bond motifs is 9. The van der Waals surface area contributed by atoms with Crippen LogP contribution in [0.25, 0.3) is 33.6 Å². The summed E-state index contributed by atoms with van der Waals surface area (Å²) in [5.74, 6) is 4.49. The molecular formula is C43H41N9O2S. The molecule has 3 saturated heterocycles. The molecule has 0 amide bonds. The molecule has 12 heteroatoms. The van der Waals surface area contributed by atoms with Gasteiger partial charge in [-0.15, -0.1) is 11.8 Å². The molecule has 6 aliphatic rings. The molecule has 11 nitrogen and oxygen atoms in total. The lowest BCUT2D eigenvalue weighted by molar-refractivity contribution is 0.288. The quantitative estimate of drug-likeness (QED) is 0.185. The maximum Gasteiger partial charge on any atom is 0.223 e. The van der Waals surface area contributed by atoms with Gasteiger partial charge in [-0.2, -0.15) is 15.2 Å². The molecule has 4 aromatic heterocycles. The number of piperidine rings is 2. The van der Waals surface area contributed by atoms with Crippen molar-refractivity contribution >= 4 is 17.6 Å². The minimum Gasteiger partial charge on any atom is -0.472 e. The largest absolute Gasteiger partial charge is 0.472 e. The second-order valence-electron chi connectivity index (χ2n) is 16.0. The molecular weight excluding hydrogens is 707 g/mol. The predicted octanol–water partition coefficient (Wildman–Crippen LogP) is 6.29. The van der Waals surface area contributed by atoms with Crippen molar-refractivity contribution in [3.8, 4) is 45.4 Å². The van der Waals surface area contributed by atoms with Crippen LogP contribution in [0.5, 0.6) is 11.8 Å². The number of nitrogens with zero attached hydrogens (tertiary/aromatic N) is 7. The lowest BCUT2D eigenvalue weighted by Gasteiger charge is -2.33. The van der Waals surface area contributed by atoms with E-state index >= 15 is 0 Å². The van der Waals surface area contributed by atoms with Crippen LogP contribution in [0.15, 0.2) is 103 Å². The van der Waals surface area contributed by atoms with Gasteiger partial charge in [0.1, 0.15) is 24.1 Å². The van der Waals surface area contributed by atoms with Gasteiger partial charge in [0.15, 0.2) is 0 Å². The monoisotopic (exact) mass is 747 g/mol. The maximum absolute atomic E-state index is 6.37. The fourth-order valence-electron chi connectivity index (χ4n) is 10.2. The zero-order valence-corrected chi connectivity index (χ0v) is 31.1. The van der Waals surface area contributed by atoms with E-state index in [9.17, 15) is 0 Å². The summed E-state index contributed by atoms with van der Waals surface area (Å²) in [5, 5.41) is 18.0. The molecule has 9 heterocycles. The first kappa shape index (κ1) is 32.1. The normalized spacial score (nSPS) is 26.5. The molecule has 6 atom stereocenters. The average Bonchev–Trinajstić information content (AvgIpc) is 3.88. The van der Waals surface area contributed by atoms with Gasteiger partial charge in [-0.05, 0) is 120 Å². The van der Waals surface area contributed by atoms with E-state index in [2.05, 4.69) is 86.4 Å². The van der Waals surface area contributed by atoms with E-state index in [1.165, 1.54) is 17.5 Å². The Labute approximate surface area is 323 Å². The van der Waals surface area contributed by atoms with Crippen LogP contribution in [0.2, 0.25) is 0 Å². The molecule has 5 aliphatic heterocycles. The van der Waals surface area contributed by atoms with Gasteiger partial charge in [-0.1, -0.05) is 12.1 Å². The first-order chi connectivity index (χ1) is 27.2. The van der Waals surface area contributed by atoms with Gasteiger partial charge >= 0.3 is 0 Å². The van der Waals surface area contributed by atoms with Gasteiger partial charge in [-0.3, -0.25) is 0 Å². The van der Waals surface area contributed by atoms with Crippen LogP contribution in [0.4, 0.5) is 5.82 Å². The summed E-state index contributed by atoms with van der Waals surface area (Å²) in [4.78, 5) is 13.0. The molecule has 276 valence electrons. The predicted molar refractivity (Wildman–Crippen MR) is 211 cm³/mol. The number of aromatic nitrogens is 6. The topological polar surface area (TPSA) is 107 Å². The van der Waals surface area contributed by atoms with Gasteiger partial charge in [0.05, 0.1) is 11.4 Å². The van der Waals surface area contributed by atoms with Crippen molar-refractivity contribution < 1.29 is 9.47 Å². The summed E-state index contributed by atoms with van der Waals surface area (Å²) < 4.78 is 16.4. The molecule has 6 aromatic rings. The number of ether oxygens (including phenoxy) is 2. The Morgan fingerprint density at radius 1 is 0.727 bits per heavy atom. The van der Waals surface area contributed by atoms with Crippen LogP contribution >= 0.6 is 11.8 Å². The highest BCUT2D eigenvalue weighted by molar-refractivity contribution is 7.99. The fraction of sp³-hybridized carbons (Fsp3) is 0.349.